The Morgan fingerprint density at radius 3 is 2.67 bits per heavy atom. The normalized spacial score (nSPS) is 21.0. The number of hydrogen-bond donors (Lipinski definition) is 2. The number of carbonyl (C=O) groups is 1. The zero-order valence-electron chi connectivity index (χ0n) is 12.0. The number of carboxylic acids is 1. The van der Waals surface area contributed by atoms with Crippen molar-refractivity contribution in [3.8, 4) is 5.75 Å². The molecule has 2 atom stereocenters. The maximum absolute atomic E-state index is 12.2. The third-order valence-electron chi connectivity index (χ3n) is 3.37. The molecule has 0 aliphatic heterocycles. The van der Waals surface area contributed by atoms with Crippen molar-refractivity contribution in [2.75, 3.05) is 6.61 Å². The van der Waals surface area contributed by atoms with Crippen molar-refractivity contribution in [2.45, 2.75) is 37.6 Å². The van der Waals surface area contributed by atoms with E-state index >= 15 is 0 Å². The Bertz CT molecular complexity index is 641. The van der Waals surface area contributed by atoms with Crippen molar-refractivity contribution in [3.05, 3.63) is 23.8 Å². The van der Waals surface area contributed by atoms with Crippen molar-refractivity contribution in [1.29, 1.82) is 0 Å². The van der Waals surface area contributed by atoms with Gasteiger partial charge in [-0.3, -0.25) is 0 Å². The third kappa shape index (κ3) is 3.74. The molecule has 0 bridgehead atoms. The number of rotatable bonds is 7. The largest absolute Gasteiger partial charge is 0.493 e. The number of ether oxygens (including phenoxy) is 1. The molecule has 2 rings (SSSR count). The minimum absolute atomic E-state index is 0.0529. The van der Waals surface area contributed by atoms with Gasteiger partial charge in [0.2, 0.25) is 10.0 Å². The van der Waals surface area contributed by atoms with E-state index in [1.807, 2.05) is 13.8 Å². The summed E-state index contributed by atoms with van der Waals surface area (Å²) in [5.74, 6) is -0.702. The molecule has 2 unspecified atom stereocenters. The molecule has 1 fully saturated rings. The molecule has 0 amide bonds. The topological polar surface area (TPSA) is 92.7 Å². The second-order valence-corrected chi connectivity index (χ2v) is 6.97. The molecule has 21 heavy (non-hydrogen) atoms. The van der Waals surface area contributed by atoms with Gasteiger partial charge in [0.15, 0.2) is 0 Å². The molecule has 0 aromatic heterocycles. The van der Waals surface area contributed by atoms with Crippen LogP contribution in [0.2, 0.25) is 0 Å². The molecule has 116 valence electrons. The van der Waals surface area contributed by atoms with E-state index in [-0.39, 0.29) is 22.3 Å². The summed E-state index contributed by atoms with van der Waals surface area (Å²) in [5, 5.41) is 9.20. The molecule has 7 heteroatoms. The molecule has 0 heterocycles. The van der Waals surface area contributed by atoms with Gasteiger partial charge < -0.3 is 9.84 Å². The highest BCUT2D eigenvalue weighted by Gasteiger charge is 2.36. The molecule has 1 aliphatic rings. The van der Waals surface area contributed by atoms with Gasteiger partial charge in [0.1, 0.15) is 11.3 Å². The maximum Gasteiger partial charge on any atom is 0.339 e. The highest BCUT2D eigenvalue weighted by atomic mass is 32.2. The molecule has 1 aliphatic carbocycles. The summed E-state index contributed by atoms with van der Waals surface area (Å²) in [6.45, 7) is 4.24. The predicted molar refractivity (Wildman–Crippen MR) is 77.1 cm³/mol. The first-order chi connectivity index (χ1) is 9.85. The van der Waals surface area contributed by atoms with E-state index < -0.39 is 16.0 Å². The van der Waals surface area contributed by atoms with Gasteiger partial charge in [0, 0.05) is 6.04 Å². The van der Waals surface area contributed by atoms with Crippen LogP contribution in [-0.4, -0.2) is 32.1 Å². The van der Waals surface area contributed by atoms with Crippen LogP contribution in [0.25, 0.3) is 0 Å². The van der Waals surface area contributed by atoms with Gasteiger partial charge in [-0.05, 0) is 37.0 Å². The summed E-state index contributed by atoms with van der Waals surface area (Å²) in [5.41, 5.74) is -0.143. The van der Waals surface area contributed by atoms with Crippen molar-refractivity contribution >= 4 is 16.0 Å². The minimum atomic E-state index is -3.69. The number of nitrogens with one attached hydrogen (secondary N) is 1. The van der Waals surface area contributed by atoms with Gasteiger partial charge in [0.25, 0.3) is 0 Å². The minimum Gasteiger partial charge on any atom is -0.493 e. The molecule has 1 aromatic rings. The lowest BCUT2D eigenvalue weighted by Crippen LogP contribution is -2.27. The molecule has 2 N–H and O–H groups in total. The van der Waals surface area contributed by atoms with Crippen molar-refractivity contribution in [1.82, 2.24) is 4.72 Å². The monoisotopic (exact) mass is 313 g/mol. The van der Waals surface area contributed by atoms with E-state index in [1.165, 1.54) is 12.1 Å². The Morgan fingerprint density at radius 2 is 2.14 bits per heavy atom. The zero-order chi connectivity index (χ0) is 15.6. The average molecular weight is 313 g/mol. The van der Waals surface area contributed by atoms with E-state index in [4.69, 9.17) is 4.74 Å². The van der Waals surface area contributed by atoms with Crippen molar-refractivity contribution in [2.24, 2.45) is 5.92 Å². The number of hydrogen-bond acceptors (Lipinski definition) is 4. The Hall–Kier alpha value is -1.60. The van der Waals surface area contributed by atoms with E-state index in [0.29, 0.717) is 12.5 Å². The second-order valence-electron chi connectivity index (χ2n) is 5.25. The van der Waals surface area contributed by atoms with Gasteiger partial charge >= 0.3 is 5.97 Å². The molecule has 1 saturated carbocycles. The molecule has 6 nitrogen and oxygen atoms in total. The van der Waals surface area contributed by atoms with Crippen LogP contribution in [0.1, 0.15) is 37.0 Å². The number of aromatic carboxylic acids is 1. The van der Waals surface area contributed by atoms with Crippen molar-refractivity contribution in [3.63, 3.8) is 0 Å². The van der Waals surface area contributed by atoms with Crippen LogP contribution in [0.15, 0.2) is 23.1 Å². The number of benzene rings is 1. The summed E-state index contributed by atoms with van der Waals surface area (Å²) < 4.78 is 32.3. The highest BCUT2D eigenvalue weighted by Crippen LogP contribution is 2.31. The van der Waals surface area contributed by atoms with Gasteiger partial charge in [-0.1, -0.05) is 13.8 Å². The first-order valence-electron chi connectivity index (χ1n) is 6.87. The van der Waals surface area contributed by atoms with Crippen LogP contribution in [0, 0.1) is 5.92 Å². The average Bonchev–Trinajstić information content (AvgIpc) is 3.10. The quantitative estimate of drug-likeness (QED) is 0.801. The second kappa shape index (κ2) is 6.03. The molecule has 1 aromatic carbocycles. The summed E-state index contributed by atoms with van der Waals surface area (Å²) in [7, 11) is -3.69. The van der Waals surface area contributed by atoms with Gasteiger partial charge in [-0.2, -0.15) is 0 Å². The first-order valence-corrected chi connectivity index (χ1v) is 8.36. The molecule has 0 saturated heterocycles. The summed E-state index contributed by atoms with van der Waals surface area (Å²) in [4.78, 5) is 11.2. The van der Waals surface area contributed by atoms with E-state index in [1.54, 1.807) is 0 Å². The van der Waals surface area contributed by atoms with E-state index in [2.05, 4.69) is 4.72 Å². The summed E-state index contributed by atoms with van der Waals surface area (Å²) in [6, 6.07) is 3.85. The Balaban J connectivity index is 2.28. The van der Waals surface area contributed by atoms with Crippen LogP contribution in [0.3, 0.4) is 0 Å². The Kier molecular flexibility index (Phi) is 4.53. The fraction of sp³-hybridized carbons (Fsp3) is 0.500. The Morgan fingerprint density at radius 1 is 1.48 bits per heavy atom. The summed E-state index contributed by atoms with van der Waals surface area (Å²) >= 11 is 0. The van der Waals surface area contributed by atoms with Crippen LogP contribution in [-0.2, 0) is 10.0 Å². The SMILES string of the molecule is CCCOc1ccc(S(=O)(=O)NC2CC2C)cc1C(=O)O. The lowest BCUT2D eigenvalue weighted by molar-refractivity contribution is 0.0692. The third-order valence-corrected chi connectivity index (χ3v) is 4.86. The van der Waals surface area contributed by atoms with Gasteiger partial charge in [-0.15, -0.1) is 0 Å². The Labute approximate surface area is 124 Å². The van der Waals surface area contributed by atoms with Crippen LogP contribution in [0.4, 0.5) is 0 Å². The van der Waals surface area contributed by atoms with Crippen LogP contribution in [0.5, 0.6) is 5.75 Å². The van der Waals surface area contributed by atoms with Crippen LogP contribution >= 0.6 is 0 Å². The summed E-state index contributed by atoms with van der Waals surface area (Å²) in [6.07, 6.45) is 1.54. The molecule has 0 radical (unpaired) electrons. The maximum atomic E-state index is 12.2. The predicted octanol–water partition coefficient (Wildman–Crippen LogP) is 1.86. The smallest absolute Gasteiger partial charge is 0.339 e. The fourth-order valence-electron chi connectivity index (χ4n) is 1.93. The van der Waals surface area contributed by atoms with Gasteiger partial charge in [0.05, 0.1) is 11.5 Å². The number of sulfonamides is 1. The highest BCUT2D eigenvalue weighted by molar-refractivity contribution is 7.89. The first kappa shape index (κ1) is 15.8. The zero-order valence-corrected chi connectivity index (χ0v) is 12.8. The lowest BCUT2D eigenvalue weighted by Gasteiger charge is -2.11. The van der Waals surface area contributed by atoms with E-state index in [9.17, 15) is 18.3 Å². The standard InChI is InChI=1S/C14H19NO5S/c1-3-6-20-13-5-4-10(8-11(13)14(16)17)21(18,19)15-12-7-9(12)2/h4-5,8-9,12,15H,3,6-7H2,1-2H3,(H,16,17). The molecular weight excluding hydrogens is 294 g/mol. The van der Waals surface area contributed by atoms with Crippen molar-refractivity contribution < 1.29 is 23.1 Å². The van der Waals surface area contributed by atoms with Crippen LogP contribution < -0.4 is 9.46 Å². The molecule has 0 spiro atoms. The number of carboxylic acid groups (broad SMARTS) is 1. The lowest BCUT2D eigenvalue weighted by atomic mass is 10.2. The fourth-order valence-corrected chi connectivity index (χ4v) is 3.32. The van der Waals surface area contributed by atoms with Gasteiger partial charge in [-0.25, -0.2) is 17.9 Å². The molecular formula is C14H19NO5S. The van der Waals surface area contributed by atoms with E-state index in [0.717, 1.165) is 18.9 Å².